The molecule has 0 N–H and O–H groups in total. The van der Waals surface area contributed by atoms with E-state index in [2.05, 4.69) is 26.0 Å². The lowest BCUT2D eigenvalue weighted by molar-refractivity contribution is 0.847. The fourth-order valence-electron chi connectivity index (χ4n) is 0.966. The van der Waals surface area contributed by atoms with Crippen LogP contribution in [-0.2, 0) is 5.88 Å². The SMILES string of the molecule is ClCc1ncc2c(Br)ccn2n1. The second-order valence-electron chi connectivity index (χ2n) is 2.30. The maximum absolute atomic E-state index is 5.58. The van der Waals surface area contributed by atoms with Gasteiger partial charge in [0.05, 0.1) is 17.6 Å². The van der Waals surface area contributed by atoms with Crippen molar-refractivity contribution in [1.29, 1.82) is 0 Å². The van der Waals surface area contributed by atoms with Gasteiger partial charge < -0.3 is 0 Å². The molecule has 2 heterocycles. The van der Waals surface area contributed by atoms with Crippen molar-refractivity contribution in [3.8, 4) is 0 Å². The molecule has 12 heavy (non-hydrogen) atoms. The van der Waals surface area contributed by atoms with Gasteiger partial charge in [-0.25, -0.2) is 9.50 Å². The molecule has 0 amide bonds. The highest BCUT2D eigenvalue weighted by molar-refractivity contribution is 9.10. The van der Waals surface area contributed by atoms with Gasteiger partial charge in [0.2, 0.25) is 0 Å². The van der Waals surface area contributed by atoms with Gasteiger partial charge in [-0.2, -0.15) is 5.10 Å². The Morgan fingerprint density at radius 2 is 2.42 bits per heavy atom. The Morgan fingerprint density at radius 3 is 3.17 bits per heavy atom. The molecule has 0 radical (unpaired) electrons. The Labute approximate surface area is 82.5 Å². The summed E-state index contributed by atoms with van der Waals surface area (Å²) in [4.78, 5) is 4.06. The van der Waals surface area contributed by atoms with E-state index < -0.39 is 0 Å². The van der Waals surface area contributed by atoms with E-state index in [1.165, 1.54) is 0 Å². The van der Waals surface area contributed by atoms with Crippen molar-refractivity contribution in [2.24, 2.45) is 0 Å². The van der Waals surface area contributed by atoms with Crippen LogP contribution >= 0.6 is 27.5 Å². The molecule has 2 rings (SSSR count). The first-order chi connectivity index (χ1) is 5.81. The summed E-state index contributed by atoms with van der Waals surface area (Å²) in [5.41, 5.74) is 0.948. The predicted molar refractivity (Wildman–Crippen MR) is 50.2 cm³/mol. The number of fused-ring (bicyclic) bond motifs is 1. The minimum Gasteiger partial charge on any atom is -0.236 e. The van der Waals surface area contributed by atoms with E-state index >= 15 is 0 Å². The molecule has 2 aromatic heterocycles. The summed E-state index contributed by atoms with van der Waals surface area (Å²) in [6, 6.07) is 1.92. The first kappa shape index (κ1) is 8.01. The fraction of sp³-hybridized carbons (Fsp3) is 0.143. The molecule has 0 saturated carbocycles. The summed E-state index contributed by atoms with van der Waals surface area (Å²) in [5.74, 6) is 0.971. The van der Waals surface area contributed by atoms with Crippen LogP contribution in [0.25, 0.3) is 5.52 Å². The van der Waals surface area contributed by atoms with E-state index in [1.807, 2.05) is 12.3 Å². The van der Waals surface area contributed by atoms with Gasteiger partial charge in [0.1, 0.15) is 0 Å². The molecule has 0 fully saturated rings. The number of aromatic nitrogens is 3. The molecule has 5 heteroatoms. The van der Waals surface area contributed by atoms with Gasteiger partial charge in [-0.15, -0.1) is 11.6 Å². The molecule has 0 aliphatic rings. The maximum Gasteiger partial charge on any atom is 0.164 e. The van der Waals surface area contributed by atoms with E-state index in [9.17, 15) is 0 Å². The van der Waals surface area contributed by atoms with Gasteiger partial charge in [0.25, 0.3) is 0 Å². The molecule has 0 unspecified atom stereocenters. The van der Waals surface area contributed by atoms with Crippen LogP contribution < -0.4 is 0 Å². The van der Waals surface area contributed by atoms with Gasteiger partial charge in [-0.3, -0.25) is 0 Å². The smallest absolute Gasteiger partial charge is 0.164 e. The Morgan fingerprint density at radius 1 is 1.58 bits per heavy atom. The minimum atomic E-state index is 0.339. The Kier molecular flexibility index (Phi) is 2.02. The highest BCUT2D eigenvalue weighted by Crippen LogP contribution is 2.16. The van der Waals surface area contributed by atoms with Crippen LogP contribution in [0.3, 0.4) is 0 Å². The Bertz CT molecular complexity index is 412. The monoisotopic (exact) mass is 245 g/mol. The summed E-state index contributed by atoms with van der Waals surface area (Å²) in [5, 5.41) is 4.16. The average molecular weight is 246 g/mol. The average Bonchev–Trinajstić information content (AvgIpc) is 2.47. The Balaban J connectivity index is 2.69. The molecule has 0 atom stereocenters. The lowest BCUT2D eigenvalue weighted by Crippen LogP contribution is -1.97. The van der Waals surface area contributed by atoms with Crippen LogP contribution in [0.1, 0.15) is 5.82 Å². The number of halogens is 2. The van der Waals surface area contributed by atoms with E-state index in [0.717, 1.165) is 9.99 Å². The number of nitrogens with zero attached hydrogens (tertiary/aromatic N) is 3. The Hall–Kier alpha value is -0.610. The summed E-state index contributed by atoms with van der Waals surface area (Å²) in [6.45, 7) is 0. The van der Waals surface area contributed by atoms with Crippen molar-refractivity contribution < 1.29 is 0 Å². The fourth-order valence-corrected chi connectivity index (χ4v) is 1.49. The zero-order valence-corrected chi connectivity index (χ0v) is 8.38. The highest BCUT2D eigenvalue weighted by Gasteiger charge is 2.01. The van der Waals surface area contributed by atoms with E-state index in [1.54, 1.807) is 10.7 Å². The summed E-state index contributed by atoms with van der Waals surface area (Å²) < 4.78 is 2.73. The van der Waals surface area contributed by atoms with Gasteiger partial charge in [-0.1, -0.05) is 0 Å². The molecule has 0 saturated heterocycles. The maximum atomic E-state index is 5.58. The summed E-state index contributed by atoms with van der Waals surface area (Å²) in [7, 11) is 0. The van der Waals surface area contributed by atoms with Crippen LogP contribution in [0.5, 0.6) is 0 Å². The zero-order valence-electron chi connectivity index (χ0n) is 6.04. The van der Waals surface area contributed by atoms with E-state index in [-0.39, 0.29) is 0 Å². The van der Waals surface area contributed by atoms with E-state index in [0.29, 0.717) is 11.7 Å². The topological polar surface area (TPSA) is 30.2 Å². The van der Waals surface area contributed by atoms with Crippen molar-refractivity contribution >= 4 is 33.0 Å². The molecular formula is C7H5BrClN3. The van der Waals surface area contributed by atoms with Crippen molar-refractivity contribution in [2.45, 2.75) is 5.88 Å². The second-order valence-corrected chi connectivity index (χ2v) is 3.42. The van der Waals surface area contributed by atoms with Crippen LogP contribution in [0.2, 0.25) is 0 Å². The van der Waals surface area contributed by atoms with Gasteiger partial charge in [0.15, 0.2) is 5.82 Å². The first-order valence-corrected chi connectivity index (χ1v) is 4.69. The molecule has 0 aromatic carbocycles. The number of hydrogen-bond acceptors (Lipinski definition) is 2. The zero-order chi connectivity index (χ0) is 8.55. The highest BCUT2D eigenvalue weighted by atomic mass is 79.9. The largest absolute Gasteiger partial charge is 0.236 e. The summed E-state index contributed by atoms with van der Waals surface area (Å²) >= 11 is 8.96. The van der Waals surface area contributed by atoms with Crippen LogP contribution in [0.4, 0.5) is 0 Å². The second kappa shape index (κ2) is 3.03. The summed E-state index contributed by atoms with van der Waals surface area (Å²) in [6.07, 6.45) is 3.60. The predicted octanol–water partition coefficient (Wildman–Crippen LogP) is 2.23. The van der Waals surface area contributed by atoms with E-state index in [4.69, 9.17) is 11.6 Å². The third kappa shape index (κ3) is 1.21. The lowest BCUT2D eigenvalue weighted by atomic mass is 10.5. The standard InChI is InChI=1S/C7H5BrClN3/c8-5-1-2-12-6(5)4-10-7(3-9)11-12/h1-2,4H,3H2. The van der Waals surface area contributed by atoms with Crippen LogP contribution in [0, 0.1) is 0 Å². The number of rotatable bonds is 1. The number of hydrogen-bond donors (Lipinski definition) is 0. The van der Waals surface area contributed by atoms with Crippen molar-refractivity contribution in [1.82, 2.24) is 14.6 Å². The molecule has 0 bridgehead atoms. The van der Waals surface area contributed by atoms with Crippen molar-refractivity contribution in [3.63, 3.8) is 0 Å². The minimum absolute atomic E-state index is 0.339. The van der Waals surface area contributed by atoms with Crippen molar-refractivity contribution in [2.75, 3.05) is 0 Å². The third-order valence-electron chi connectivity index (χ3n) is 1.53. The van der Waals surface area contributed by atoms with Crippen LogP contribution in [-0.4, -0.2) is 14.6 Å². The molecule has 0 aliphatic heterocycles. The van der Waals surface area contributed by atoms with Gasteiger partial charge in [0, 0.05) is 10.7 Å². The third-order valence-corrected chi connectivity index (χ3v) is 2.44. The molecule has 3 nitrogen and oxygen atoms in total. The van der Waals surface area contributed by atoms with Gasteiger partial charge >= 0.3 is 0 Å². The van der Waals surface area contributed by atoms with Crippen molar-refractivity contribution in [3.05, 3.63) is 28.8 Å². The molecule has 62 valence electrons. The van der Waals surface area contributed by atoms with Gasteiger partial charge in [-0.05, 0) is 22.0 Å². The normalized spacial score (nSPS) is 10.8. The molecule has 0 aliphatic carbocycles. The quantitative estimate of drug-likeness (QED) is 0.722. The number of alkyl halides is 1. The molecule has 0 spiro atoms. The van der Waals surface area contributed by atoms with Crippen LogP contribution in [0.15, 0.2) is 22.9 Å². The first-order valence-electron chi connectivity index (χ1n) is 3.36. The molecule has 2 aromatic rings. The lowest BCUT2D eigenvalue weighted by Gasteiger charge is -1.95. The molecular weight excluding hydrogens is 241 g/mol.